The van der Waals surface area contributed by atoms with Crippen LogP contribution in [-0.4, -0.2) is 17.6 Å². The minimum atomic E-state index is -0.552. The number of Topliss-reactive ketones (excluding diaryl/α,β-unsaturated/α-hetero) is 1. The molecule has 76 valence electrons. The average Bonchev–Trinajstić information content (AvgIpc) is 1.99. The summed E-state index contributed by atoms with van der Waals surface area (Å²) in [6.45, 7) is 5.27. The van der Waals surface area contributed by atoms with Crippen molar-refractivity contribution in [2.24, 2.45) is 5.41 Å². The first-order valence-electron chi connectivity index (χ1n) is 4.40. The summed E-state index contributed by atoms with van der Waals surface area (Å²) in [7, 11) is 0. The van der Waals surface area contributed by atoms with Crippen molar-refractivity contribution >= 4 is 17.6 Å². The quantitative estimate of drug-likeness (QED) is 0.622. The maximum Gasteiger partial charge on any atom is 0.250 e. The van der Waals surface area contributed by atoms with E-state index in [4.69, 9.17) is 0 Å². The van der Waals surface area contributed by atoms with E-state index >= 15 is 0 Å². The zero-order valence-electron chi connectivity index (χ0n) is 8.51. The molecule has 0 spiro atoms. The predicted molar refractivity (Wildman–Crippen MR) is 50.3 cm³/mol. The average molecular weight is 195 g/mol. The fraction of sp³-hybridized carbons (Fsp3) is 0.500. The Bertz CT molecular complexity index is 334. The fourth-order valence-electron chi connectivity index (χ4n) is 1.23. The SMILES string of the molecule is CC(C)(C)C(=O)C1=CC(=O)NC(=O)C1. The number of hydrogen-bond donors (Lipinski definition) is 1. The summed E-state index contributed by atoms with van der Waals surface area (Å²) in [6.07, 6.45) is 1.21. The Morgan fingerprint density at radius 2 is 1.93 bits per heavy atom. The Labute approximate surface area is 82.4 Å². The van der Waals surface area contributed by atoms with E-state index in [0.29, 0.717) is 5.57 Å². The lowest BCUT2D eigenvalue weighted by atomic mass is 9.84. The molecule has 0 bridgehead atoms. The fourth-order valence-corrected chi connectivity index (χ4v) is 1.23. The van der Waals surface area contributed by atoms with Crippen molar-refractivity contribution in [1.82, 2.24) is 5.32 Å². The lowest BCUT2D eigenvalue weighted by Gasteiger charge is -2.20. The molecule has 0 aromatic carbocycles. The predicted octanol–water partition coefficient (Wildman–Crippen LogP) is 0.575. The molecule has 0 unspecified atom stereocenters. The molecule has 0 fully saturated rings. The minimum Gasteiger partial charge on any atom is -0.294 e. The highest BCUT2D eigenvalue weighted by Gasteiger charge is 2.29. The molecule has 1 rings (SSSR count). The summed E-state index contributed by atoms with van der Waals surface area (Å²) >= 11 is 0. The molecule has 1 aliphatic heterocycles. The lowest BCUT2D eigenvalue weighted by molar-refractivity contribution is -0.131. The van der Waals surface area contributed by atoms with E-state index in [1.807, 2.05) is 0 Å². The normalized spacial score (nSPS) is 17.5. The molecule has 4 heteroatoms. The van der Waals surface area contributed by atoms with Gasteiger partial charge in [-0.25, -0.2) is 0 Å². The van der Waals surface area contributed by atoms with Crippen LogP contribution in [0.15, 0.2) is 11.6 Å². The molecule has 2 amide bonds. The van der Waals surface area contributed by atoms with Crippen LogP contribution in [0.25, 0.3) is 0 Å². The minimum absolute atomic E-state index is 0.00183. The highest BCUT2D eigenvalue weighted by atomic mass is 16.2. The molecule has 14 heavy (non-hydrogen) atoms. The van der Waals surface area contributed by atoms with Crippen molar-refractivity contribution in [3.63, 3.8) is 0 Å². The Morgan fingerprint density at radius 1 is 1.36 bits per heavy atom. The van der Waals surface area contributed by atoms with Gasteiger partial charge in [0.2, 0.25) is 5.91 Å². The third-order valence-corrected chi connectivity index (χ3v) is 1.89. The van der Waals surface area contributed by atoms with Crippen LogP contribution in [0.4, 0.5) is 0 Å². The van der Waals surface area contributed by atoms with Crippen LogP contribution in [0.2, 0.25) is 0 Å². The maximum atomic E-state index is 11.7. The number of nitrogens with one attached hydrogen (secondary N) is 1. The zero-order valence-corrected chi connectivity index (χ0v) is 8.51. The van der Waals surface area contributed by atoms with E-state index in [1.165, 1.54) is 6.08 Å². The summed E-state index contributed by atoms with van der Waals surface area (Å²) in [5, 5.41) is 2.11. The second-order valence-electron chi connectivity index (χ2n) is 4.34. The van der Waals surface area contributed by atoms with Gasteiger partial charge in [0, 0.05) is 17.1 Å². The van der Waals surface area contributed by atoms with Gasteiger partial charge in [-0.1, -0.05) is 20.8 Å². The molecule has 0 radical (unpaired) electrons. The van der Waals surface area contributed by atoms with E-state index < -0.39 is 17.2 Å². The summed E-state index contributed by atoms with van der Waals surface area (Å²) in [5.74, 6) is -1.07. The van der Waals surface area contributed by atoms with Gasteiger partial charge in [-0.05, 0) is 0 Å². The molecular formula is C10H13NO3. The first-order valence-corrected chi connectivity index (χ1v) is 4.40. The maximum absolute atomic E-state index is 11.7. The number of ketones is 1. The van der Waals surface area contributed by atoms with Crippen molar-refractivity contribution in [2.75, 3.05) is 0 Å². The second kappa shape index (κ2) is 3.36. The molecule has 0 aromatic heterocycles. The standard InChI is InChI=1S/C10H13NO3/c1-10(2,3)9(14)6-4-7(12)11-8(13)5-6/h4H,5H2,1-3H3,(H,11,12,13). The van der Waals surface area contributed by atoms with Gasteiger partial charge in [-0.3, -0.25) is 19.7 Å². The van der Waals surface area contributed by atoms with Crippen molar-refractivity contribution in [3.8, 4) is 0 Å². The highest BCUT2D eigenvalue weighted by molar-refractivity contribution is 6.14. The van der Waals surface area contributed by atoms with E-state index in [0.717, 1.165) is 0 Å². The second-order valence-corrected chi connectivity index (χ2v) is 4.34. The van der Waals surface area contributed by atoms with Crippen molar-refractivity contribution < 1.29 is 14.4 Å². The molecule has 4 nitrogen and oxygen atoms in total. The number of imide groups is 1. The van der Waals surface area contributed by atoms with Crippen molar-refractivity contribution in [1.29, 1.82) is 0 Å². The van der Waals surface area contributed by atoms with Crippen molar-refractivity contribution in [3.05, 3.63) is 11.6 Å². The van der Waals surface area contributed by atoms with Crippen LogP contribution in [0.3, 0.4) is 0 Å². The summed E-state index contributed by atoms with van der Waals surface area (Å²) < 4.78 is 0. The largest absolute Gasteiger partial charge is 0.294 e. The van der Waals surface area contributed by atoms with Crippen LogP contribution in [-0.2, 0) is 14.4 Å². The summed E-state index contributed by atoms with van der Waals surface area (Å²) in [5.41, 5.74) is -0.254. The van der Waals surface area contributed by atoms with Crippen LogP contribution in [0, 0.1) is 5.41 Å². The Hall–Kier alpha value is -1.45. The van der Waals surface area contributed by atoms with Crippen LogP contribution < -0.4 is 5.32 Å². The van der Waals surface area contributed by atoms with Crippen LogP contribution >= 0.6 is 0 Å². The van der Waals surface area contributed by atoms with E-state index in [-0.39, 0.29) is 12.2 Å². The third kappa shape index (κ3) is 2.28. The van der Waals surface area contributed by atoms with Gasteiger partial charge in [0.05, 0.1) is 6.42 Å². The van der Waals surface area contributed by atoms with Crippen LogP contribution in [0.1, 0.15) is 27.2 Å². The number of carbonyl (C=O) groups excluding carboxylic acids is 3. The smallest absolute Gasteiger partial charge is 0.250 e. The van der Waals surface area contributed by atoms with E-state index in [1.54, 1.807) is 20.8 Å². The molecule has 0 aliphatic carbocycles. The third-order valence-electron chi connectivity index (χ3n) is 1.89. The Kier molecular flexibility index (Phi) is 2.55. The lowest BCUT2D eigenvalue weighted by Crippen LogP contribution is -2.36. The van der Waals surface area contributed by atoms with Gasteiger partial charge < -0.3 is 0 Å². The molecule has 0 saturated heterocycles. The van der Waals surface area contributed by atoms with Crippen LogP contribution in [0.5, 0.6) is 0 Å². The molecule has 0 saturated carbocycles. The molecule has 1 N–H and O–H groups in total. The number of hydrogen-bond acceptors (Lipinski definition) is 3. The van der Waals surface area contributed by atoms with Gasteiger partial charge in [0.25, 0.3) is 5.91 Å². The topological polar surface area (TPSA) is 63.2 Å². The summed E-state index contributed by atoms with van der Waals surface area (Å²) in [6, 6.07) is 0. The number of rotatable bonds is 1. The van der Waals surface area contributed by atoms with Gasteiger partial charge in [-0.15, -0.1) is 0 Å². The van der Waals surface area contributed by atoms with E-state index in [9.17, 15) is 14.4 Å². The zero-order chi connectivity index (χ0) is 10.9. The molecule has 0 atom stereocenters. The highest BCUT2D eigenvalue weighted by Crippen LogP contribution is 2.22. The molecular weight excluding hydrogens is 182 g/mol. The van der Waals surface area contributed by atoms with Gasteiger partial charge in [0.1, 0.15) is 0 Å². The first kappa shape index (κ1) is 10.6. The van der Waals surface area contributed by atoms with Crippen molar-refractivity contribution in [2.45, 2.75) is 27.2 Å². The summed E-state index contributed by atoms with van der Waals surface area (Å²) in [4.78, 5) is 33.7. The first-order chi connectivity index (χ1) is 6.30. The number of carbonyl (C=O) groups is 3. The van der Waals surface area contributed by atoms with E-state index in [2.05, 4.69) is 5.32 Å². The molecule has 0 aromatic rings. The van der Waals surface area contributed by atoms with Gasteiger partial charge in [-0.2, -0.15) is 0 Å². The number of amides is 2. The van der Waals surface area contributed by atoms with Gasteiger partial charge >= 0.3 is 0 Å². The molecule has 1 aliphatic rings. The Morgan fingerprint density at radius 3 is 2.36 bits per heavy atom. The monoisotopic (exact) mass is 195 g/mol. The van der Waals surface area contributed by atoms with Gasteiger partial charge in [0.15, 0.2) is 5.78 Å². The Balaban J connectivity index is 2.94. The molecule has 1 heterocycles.